The SMILES string of the molecule is CC1CNC(c2ccc(Cl)o2)CO1. The zero-order valence-electron chi connectivity index (χ0n) is 7.42. The van der Waals surface area contributed by atoms with Crippen LogP contribution in [0.3, 0.4) is 0 Å². The molecule has 2 rings (SSSR count). The van der Waals surface area contributed by atoms with Gasteiger partial charge in [-0.05, 0) is 30.7 Å². The third-order valence-corrected chi connectivity index (χ3v) is 2.34. The Morgan fingerprint density at radius 2 is 2.38 bits per heavy atom. The van der Waals surface area contributed by atoms with Crippen LogP contribution in [0.1, 0.15) is 18.7 Å². The molecule has 0 spiro atoms. The van der Waals surface area contributed by atoms with Crippen LogP contribution >= 0.6 is 11.6 Å². The first-order valence-electron chi connectivity index (χ1n) is 4.36. The highest BCUT2D eigenvalue weighted by Gasteiger charge is 2.21. The predicted octanol–water partition coefficient (Wildman–Crippen LogP) is 1.98. The van der Waals surface area contributed by atoms with E-state index in [0.29, 0.717) is 11.8 Å². The number of hydrogen-bond donors (Lipinski definition) is 1. The molecular weight excluding hydrogens is 190 g/mol. The van der Waals surface area contributed by atoms with Crippen LogP contribution in [0.2, 0.25) is 5.22 Å². The van der Waals surface area contributed by atoms with Crippen LogP contribution in [0.4, 0.5) is 0 Å². The summed E-state index contributed by atoms with van der Waals surface area (Å²) in [6, 6.07) is 3.76. The van der Waals surface area contributed by atoms with Crippen molar-refractivity contribution in [3.05, 3.63) is 23.1 Å². The summed E-state index contributed by atoms with van der Waals surface area (Å²) in [6.45, 7) is 3.53. The Morgan fingerprint density at radius 1 is 1.54 bits per heavy atom. The molecule has 4 heteroatoms. The van der Waals surface area contributed by atoms with Gasteiger partial charge in [0.15, 0.2) is 5.22 Å². The summed E-state index contributed by atoms with van der Waals surface area (Å²) in [5.41, 5.74) is 0. The van der Waals surface area contributed by atoms with Gasteiger partial charge in [-0.15, -0.1) is 0 Å². The molecule has 0 bridgehead atoms. The molecule has 1 fully saturated rings. The summed E-state index contributed by atoms with van der Waals surface area (Å²) in [7, 11) is 0. The molecular formula is C9H12ClNO2. The van der Waals surface area contributed by atoms with Gasteiger partial charge < -0.3 is 14.5 Å². The Labute approximate surface area is 82.0 Å². The Morgan fingerprint density at radius 3 is 2.92 bits per heavy atom. The predicted molar refractivity (Wildman–Crippen MR) is 49.9 cm³/mol. The number of ether oxygens (including phenoxy) is 1. The van der Waals surface area contributed by atoms with Gasteiger partial charge in [0.2, 0.25) is 0 Å². The molecule has 0 radical (unpaired) electrons. The maximum atomic E-state index is 5.67. The molecule has 3 nitrogen and oxygen atoms in total. The lowest BCUT2D eigenvalue weighted by molar-refractivity contribution is 0.0102. The smallest absolute Gasteiger partial charge is 0.193 e. The number of nitrogens with one attached hydrogen (secondary N) is 1. The fraction of sp³-hybridized carbons (Fsp3) is 0.556. The Bertz CT molecular complexity index is 279. The van der Waals surface area contributed by atoms with E-state index < -0.39 is 0 Å². The molecule has 1 aliphatic heterocycles. The maximum Gasteiger partial charge on any atom is 0.193 e. The molecule has 2 atom stereocenters. The summed E-state index contributed by atoms with van der Waals surface area (Å²) in [6.07, 6.45) is 0.279. The maximum absolute atomic E-state index is 5.67. The topological polar surface area (TPSA) is 34.4 Å². The van der Waals surface area contributed by atoms with Crippen molar-refractivity contribution >= 4 is 11.6 Å². The van der Waals surface area contributed by atoms with Crippen molar-refractivity contribution in [3.8, 4) is 0 Å². The molecule has 0 saturated carbocycles. The van der Waals surface area contributed by atoms with Crippen molar-refractivity contribution in [2.24, 2.45) is 0 Å². The molecule has 1 N–H and O–H groups in total. The third-order valence-electron chi connectivity index (χ3n) is 2.14. The van der Waals surface area contributed by atoms with Crippen LogP contribution < -0.4 is 5.32 Å². The van der Waals surface area contributed by atoms with E-state index in [-0.39, 0.29) is 12.1 Å². The zero-order valence-corrected chi connectivity index (χ0v) is 8.17. The molecule has 72 valence electrons. The third kappa shape index (κ3) is 2.05. The first-order chi connectivity index (χ1) is 6.25. The van der Waals surface area contributed by atoms with Crippen molar-refractivity contribution in [1.82, 2.24) is 5.32 Å². The molecule has 2 heterocycles. The molecule has 1 saturated heterocycles. The largest absolute Gasteiger partial charge is 0.448 e. The van der Waals surface area contributed by atoms with E-state index in [1.165, 1.54) is 0 Å². The molecule has 2 unspecified atom stereocenters. The number of morpholine rings is 1. The van der Waals surface area contributed by atoms with Gasteiger partial charge in [-0.1, -0.05) is 0 Å². The van der Waals surface area contributed by atoms with E-state index in [1.54, 1.807) is 6.07 Å². The Balaban J connectivity index is 2.02. The summed E-state index contributed by atoms with van der Waals surface area (Å²) < 4.78 is 10.8. The molecule has 0 amide bonds. The fourth-order valence-electron chi connectivity index (χ4n) is 1.38. The highest BCUT2D eigenvalue weighted by molar-refractivity contribution is 6.28. The van der Waals surface area contributed by atoms with E-state index in [2.05, 4.69) is 5.32 Å². The van der Waals surface area contributed by atoms with Gasteiger partial charge >= 0.3 is 0 Å². The number of halogens is 1. The summed E-state index contributed by atoms with van der Waals surface area (Å²) in [5, 5.41) is 3.75. The quantitative estimate of drug-likeness (QED) is 0.755. The van der Waals surface area contributed by atoms with Crippen molar-refractivity contribution in [2.45, 2.75) is 19.1 Å². The highest BCUT2D eigenvalue weighted by Crippen LogP contribution is 2.22. The minimum absolute atomic E-state index is 0.142. The van der Waals surface area contributed by atoms with Crippen molar-refractivity contribution < 1.29 is 9.15 Å². The summed E-state index contributed by atoms with van der Waals surface area (Å²) in [5.74, 6) is 0.844. The lowest BCUT2D eigenvalue weighted by atomic mass is 10.2. The standard InChI is InChI=1S/C9H12ClNO2/c1-6-4-11-7(5-12-6)8-2-3-9(10)13-8/h2-3,6-7,11H,4-5H2,1H3. The monoisotopic (exact) mass is 201 g/mol. The number of furan rings is 1. The van der Waals surface area contributed by atoms with E-state index in [9.17, 15) is 0 Å². The number of hydrogen-bond acceptors (Lipinski definition) is 3. The van der Waals surface area contributed by atoms with Crippen molar-refractivity contribution in [3.63, 3.8) is 0 Å². The second-order valence-electron chi connectivity index (χ2n) is 3.25. The molecule has 1 aromatic rings. The molecule has 0 aliphatic carbocycles. The van der Waals surface area contributed by atoms with Crippen LogP contribution in [-0.2, 0) is 4.74 Å². The lowest BCUT2D eigenvalue weighted by Crippen LogP contribution is -2.39. The van der Waals surface area contributed by atoms with Crippen LogP contribution in [0.25, 0.3) is 0 Å². The van der Waals surface area contributed by atoms with Gasteiger partial charge in [-0.25, -0.2) is 0 Å². The van der Waals surface area contributed by atoms with E-state index in [1.807, 2.05) is 13.0 Å². The van der Waals surface area contributed by atoms with Crippen molar-refractivity contribution in [2.75, 3.05) is 13.2 Å². The Kier molecular flexibility index (Phi) is 2.58. The normalized spacial score (nSPS) is 29.1. The zero-order chi connectivity index (χ0) is 9.26. The van der Waals surface area contributed by atoms with E-state index in [4.69, 9.17) is 20.8 Å². The average molecular weight is 202 g/mol. The second-order valence-corrected chi connectivity index (χ2v) is 3.62. The van der Waals surface area contributed by atoms with Gasteiger partial charge in [0, 0.05) is 6.54 Å². The first-order valence-corrected chi connectivity index (χ1v) is 4.74. The lowest BCUT2D eigenvalue weighted by Gasteiger charge is -2.26. The minimum atomic E-state index is 0.142. The second kappa shape index (κ2) is 3.70. The minimum Gasteiger partial charge on any atom is -0.448 e. The fourth-order valence-corrected chi connectivity index (χ4v) is 1.54. The summed E-state index contributed by atoms with van der Waals surface area (Å²) >= 11 is 5.67. The van der Waals surface area contributed by atoms with Gasteiger partial charge in [-0.3, -0.25) is 0 Å². The highest BCUT2D eigenvalue weighted by atomic mass is 35.5. The summed E-state index contributed by atoms with van der Waals surface area (Å²) in [4.78, 5) is 0. The first kappa shape index (κ1) is 9.06. The molecule has 1 aliphatic rings. The van der Waals surface area contributed by atoms with Gasteiger partial charge in [0.1, 0.15) is 5.76 Å². The van der Waals surface area contributed by atoms with E-state index in [0.717, 1.165) is 12.3 Å². The van der Waals surface area contributed by atoms with Gasteiger partial charge in [0.05, 0.1) is 18.8 Å². The van der Waals surface area contributed by atoms with Gasteiger partial charge in [0.25, 0.3) is 0 Å². The average Bonchev–Trinajstić information content (AvgIpc) is 2.53. The van der Waals surface area contributed by atoms with Crippen LogP contribution in [0.15, 0.2) is 16.5 Å². The van der Waals surface area contributed by atoms with Gasteiger partial charge in [-0.2, -0.15) is 0 Å². The number of rotatable bonds is 1. The molecule has 0 aromatic carbocycles. The van der Waals surface area contributed by atoms with Crippen LogP contribution in [0.5, 0.6) is 0 Å². The molecule has 13 heavy (non-hydrogen) atoms. The van der Waals surface area contributed by atoms with Crippen LogP contribution in [-0.4, -0.2) is 19.3 Å². The Hall–Kier alpha value is -0.510. The van der Waals surface area contributed by atoms with E-state index >= 15 is 0 Å². The molecule has 1 aromatic heterocycles. The van der Waals surface area contributed by atoms with Crippen molar-refractivity contribution in [1.29, 1.82) is 0 Å². The van der Waals surface area contributed by atoms with Crippen LogP contribution in [0, 0.1) is 0 Å².